The number of carbonyl (C=O) groups excluding carboxylic acids is 1. The number of nitrogens with one attached hydrogen (secondary N) is 1. The fraction of sp³-hybridized carbons (Fsp3) is 0.333. The minimum atomic E-state index is 0.0475. The normalized spacial score (nSPS) is 10.8. The largest absolute Gasteiger partial charge is 0.356 e. The maximum atomic E-state index is 12.2. The van der Waals surface area contributed by atoms with Gasteiger partial charge in [-0.05, 0) is 32.1 Å². The number of rotatable bonds is 8. The Balaban J connectivity index is 1.46. The molecule has 3 rings (SSSR count). The van der Waals surface area contributed by atoms with Crippen molar-refractivity contribution in [2.75, 3.05) is 12.8 Å². The van der Waals surface area contributed by atoms with E-state index in [4.69, 9.17) is 0 Å². The van der Waals surface area contributed by atoms with Crippen LogP contribution in [0.25, 0.3) is 10.6 Å². The lowest BCUT2D eigenvalue weighted by atomic mass is 10.1. The molecule has 0 aliphatic rings. The second-order valence-electron chi connectivity index (χ2n) is 6.47. The van der Waals surface area contributed by atoms with Gasteiger partial charge in [-0.3, -0.25) is 4.79 Å². The number of carbonyl (C=O) groups is 1. The molecule has 0 spiro atoms. The topological polar surface area (TPSA) is 67.8 Å². The zero-order valence-electron chi connectivity index (χ0n) is 16.4. The standard InChI is InChI=1S/C21H24N4OS2/c1-14-18(15(2)24-21(23-14)27-3)9-10-19(26)22-12-11-17-13-28-20(25-17)16-7-5-4-6-8-16/h4-8,13H,9-12H2,1-3H3,(H,22,26). The van der Waals surface area contributed by atoms with Crippen LogP contribution in [-0.2, 0) is 17.6 Å². The van der Waals surface area contributed by atoms with E-state index in [1.54, 1.807) is 11.3 Å². The lowest BCUT2D eigenvalue weighted by Crippen LogP contribution is -2.26. The van der Waals surface area contributed by atoms with Crippen LogP contribution in [0.3, 0.4) is 0 Å². The van der Waals surface area contributed by atoms with Crippen LogP contribution in [-0.4, -0.2) is 33.7 Å². The van der Waals surface area contributed by atoms with E-state index in [2.05, 4.69) is 37.8 Å². The number of aromatic nitrogens is 3. The van der Waals surface area contributed by atoms with Crippen molar-refractivity contribution in [2.24, 2.45) is 0 Å². The van der Waals surface area contributed by atoms with Crippen molar-refractivity contribution in [3.8, 4) is 10.6 Å². The van der Waals surface area contributed by atoms with Gasteiger partial charge < -0.3 is 5.32 Å². The number of hydrogen-bond donors (Lipinski definition) is 1. The maximum Gasteiger partial charge on any atom is 0.220 e. The monoisotopic (exact) mass is 412 g/mol. The predicted octanol–water partition coefficient (Wildman–Crippen LogP) is 4.23. The molecule has 0 radical (unpaired) electrons. The number of aryl methyl sites for hydroxylation is 2. The highest BCUT2D eigenvalue weighted by Crippen LogP contribution is 2.23. The van der Waals surface area contributed by atoms with E-state index in [1.165, 1.54) is 11.8 Å². The minimum absolute atomic E-state index is 0.0475. The smallest absolute Gasteiger partial charge is 0.220 e. The Hall–Kier alpha value is -2.25. The summed E-state index contributed by atoms with van der Waals surface area (Å²) in [4.78, 5) is 25.8. The van der Waals surface area contributed by atoms with E-state index >= 15 is 0 Å². The van der Waals surface area contributed by atoms with Gasteiger partial charge in [-0.25, -0.2) is 15.0 Å². The highest BCUT2D eigenvalue weighted by Gasteiger charge is 2.11. The summed E-state index contributed by atoms with van der Waals surface area (Å²) < 4.78 is 0. The molecule has 5 nitrogen and oxygen atoms in total. The SMILES string of the molecule is CSc1nc(C)c(CCC(=O)NCCc2csc(-c3ccccc3)n2)c(C)n1. The third-order valence-electron chi connectivity index (χ3n) is 4.46. The van der Waals surface area contributed by atoms with Gasteiger partial charge in [0.25, 0.3) is 0 Å². The van der Waals surface area contributed by atoms with Gasteiger partial charge >= 0.3 is 0 Å². The third-order valence-corrected chi connectivity index (χ3v) is 5.95. The van der Waals surface area contributed by atoms with E-state index in [0.717, 1.165) is 44.8 Å². The highest BCUT2D eigenvalue weighted by atomic mass is 32.2. The Morgan fingerprint density at radius 1 is 1.07 bits per heavy atom. The van der Waals surface area contributed by atoms with Gasteiger partial charge in [0.1, 0.15) is 5.01 Å². The molecule has 0 saturated carbocycles. The van der Waals surface area contributed by atoms with Crippen LogP contribution >= 0.6 is 23.1 Å². The van der Waals surface area contributed by atoms with Crippen LogP contribution in [0.15, 0.2) is 40.9 Å². The van der Waals surface area contributed by atoms with Crippen LogP contribution in [0, 0.1) is 13.8 Å². The average Bonchev–Trinajstić information content (AvgIpc) is 3.17. The summed E-state index contributed by atoms with van der Waals surface area (Å²) in [6.07, 6.45) is 3.80. The summed E-state index contributed by atoms with van der Waals surface area (Å²) in [6.45, 7) is 4.55. The van der Waals surface area contributed by atoms with Crippen molar-refractivity contribution >= 4 is 29.0 Å². The van der Waals surface area contributed by atoms with Crippen molar-refractivity contribution in [3.63, 3.8) is 0 Å². The van der Waals surface area contributed by atoms with E-state index in [-0.39, 0.29) is 5.91 Å². The number of thiazole rings is 1. The van der Waals surface area contributed by atoms with Gasteiger partial charge in [-0.15, -0.1) is 11.3 Å². The lowest BCUT2D eigenvalue weighted by molar-refractivity contribution is -0.121. The molecule has 3 aromatic rings. The summed E-state index contributed by atoms with van der Waals surface area (Å²) in [6, 6.07) is 10.1. The fourth-order valence-electron chi connectivity index (χ4n) is 2.95. The third kappa shape index (κ3) is 5.39. The molecule has 1 amide bonds. The number of amides is 1. The summed E-state index contributed by atoms with van der Waals surface area (Å²) in [7, 11) is 0. The first kappa shape index (κ1) is 20.5. The first-order valence-electron chi connectivity index (χ1n) is 9.21. The highest BCUT2D eigenvalue weighted by molar-refractivity contribution is 7.98. The second kappa shape index (κ2) is 9.80. The molecule has 0 saturated heterocycles. The molecule has 1 N–H and O–H groups in total. The Morgan fingerprint density at radius 3 is 2.46 bits per heavy atom. The quantitative estimate of drug-likeness (QED) is 0.443. The molecule has 0 aliphatic carbocycles. The van der Waals surface area contributed by atoms with Crippen LogP contribution in [0.4, 0.5) is 0 Å². The van der Waals surface area contributed by atoms with Gasteiger partial charge in [-0.1, -0.05) is 42.1 Å². The molecular formula is C21H24N4OS2. The number of thioether (sulfide) groups is 1. The Morgan fingerprint density at radius 2 is 1.79 bits per heavy atom. The molecule has 0 bridgehead atoms. The Bertz CT molecular complexity index is 918. The summed E-state index contributed by atoms with van der Waals surface area (Å²) in [5.74, 6) is 0.0475. The Labute approximate surface area is 174 Å². The molecule has 1 aromatic carbocycles. The number of nitrogens with zero attached hydrogens (tertiary/aromatic N) is 3. The summed E-state index contributed by atoms with van der Waals surface area (Å²) >= 11 is 3.17. The van der Waals surface area contributed by atoms with Crippen molar-refractivity contribution in [1.82, 2.24) is 20.3 Å². The van der Waals surface area contributed by atoms with Gasteiger partial charge in [-0.2, -0.15) is 0 Å². The van der Waals surface area contributed by atoms with Gasteiger partial charge in [0.15, 0.2) is 5.16 Å². The van der Waals surface area contributed by atoms with Gasteiger partial charge in [0.05, 0.1) is 5.69 Å². The Kier molecular flexibility index (Phi) is 7.17. The van der Waals surface area contributed by atoms with E-state index in [9.17, 15) is 4.79 Å². The van der Waals surface area contributed by atoms with Crippen molar-refractivity contribution < 1.29 is 4.79 Å². The molecular weight excluding hydrogens is 388 g/mol. The van der Waals surface area contributed by atoms with Gasteiger partial charge in [0.2, 0.25) is 5.91 Å². The number of benzene rings is 1. The molecule has 7 heteroatoms. The second-order valence-corrected chi connectivity index (χ2v) is 8.10. The zero-order chi connectivity index (χ0) is 19.9. The molecule has 2 heterocycles. The molecule has 2 aromatic heterocycles. The van der Waals surface area contributed by atoms with Crippen LogP contribution in [0.1, 0.15) is 29.1 Å². The van der Waals surface area contributed by atoms with Crippen molar-refractivity contribution in [2.45, 2.75) is 38.3 Å². The lowest BCUT2D eigenvalue weighted by Gasteiger charge is -2.10. The number of hydrogen-bond acceptors (Lipinski definition) is 6. The molecule has 28 heavy (non-hydrogen) atoms. The van der Waals surface area contributed by atoms with E-state index in [0.29, 0.717) is 19.4 Å². The van der Waals surface area contributed by atoms with E-state index < -0.39 is 0 Å². The molecule has 146 valence electrons. The molecule has 0 fully saturated rings. The first-order chi connectivity index (χ1) is 13.6. The summed E-state index contributed by atoms with van der Waals surface area (Å²) in [5, 5.41) is 6.85. The zero-order valence-corrected chi connectivity index (χ0v) is 18.0. The average molecular weight is 413 g/mol. The van der Waals surface area contributed by atoms with Crippen LogP contribution in [0.5, 0.6) is 0 Å². The molecule has 0 atom stereocenters. The molecule has 0 aliphatic heterocycles. The fourth-order valence-corrected chi connectivity index (χ4v) is 4.27. The first-order valence-corrected chi connectivity index (χ1v) is 11.3. The van der Waals surface area contributed by atoms with Crippen molar-refractivity contribution in [3.05, 3.63) is 58.4 Å². The molecule has 0 unspecified atom stereocenters. The van der Waals surface area contributed by atoms with Crippen LogP contribution < -0.4 is 5.32 Å². The van der Waals surface area contributed by atoms with Crippen molar-refractivity contribution in [1.29, 1.82) is 0 Å². The summed E-state index contributed by atoms with van der Waals surface area (Å²) in [5.41, 5.74) is 5.13. The predicted molar refractivity (Wildman–Crippen MR) is 116 cm³/mol. The maximum absolute atomic E-state index is 12.2. The van der Waals surface area contributed by atoms with Crippen LogP contribution in [0.2, 0.25) is 0 Å². The van der Waals surface area contributed by atoms with E-state index in [1.807, 2.05) is 38.3 Å². The van der Waals surface area contributed by atoms with Gasteiger partial charge in [0, 0.05) is 41.7 Å². The minimum Gasteiger partial charge on any atom is -0.356 e.